The summed E-state index contributed by atoms with van der Waals surface area (Å²) >= 11 is 5.50. The van der Waals surface area contributed by atoms with Crippen molar-refractivity contribution in [1.82, 2.24) is 0 Å². The first-order chi connectivity index (χ1) is 7.16. The van der Waals surface area contributed by atoms with Crippen LogP contribution in [0.25, 0.3) is 0 Å². The molecule has 0 N–H and O–H groups in total. The summed E-state index contributed by atoms with van der Waals surface area (Å²) in [7, 11) is 3.33. The first-order valence-electron chi connectivity index (χ1n) is 4.42. The third kappa shape index (κ3) is 3.88. The topological polar surface area (TPSA) is 26.3 Å². The second-order valence-corrected chi connectivity index (χ2v) is 5.27. The molecule has 0 saturated heterocycles. The smallest absolute Gasteiger partial charge is 0.339 e. The van der Waals surface area contributed by atoms with Crippen molar-refractivity contribution in [2.24, 2.45) is 0 Å². The van der Waals surface area contributed by atoms with Crippen molar-refractivity contribution in [2.45, 2.75) is 12.5 Å². The molecule has 1 rings (SSSR count). The van der Waals surface area contributed by atoms with Gasteiger partial charge in [0.15, 0.2) is 0 Å². The number of ether oxygens (including phenoxy) is 1. The molecule has 0 atom stereocenters. The monoisotopic (exact) mass is 395 g/mol. The molecule has 0 saturated carbocycles. The highest BCUT2D eigenvalue weighted by atomic mass is 127. The Hall–Kier alpha value is 0.117. The SMILES string of the molecule is O=C(OCCC[Si])c1cccc(Br)c1I. The van der Waals surface area contributed by atoms with E-state index in [1.165, 1.54) is 0 Å². The summed E-state index contributed by atoms with van der Waals surface area (Å²) in [5, 5.41) is 0. The predicted octanol–water partition coefficient (Wildman–Crippen LogP) is 3.19. The summed E-state index contributed by atoms with van der Waals surface area (Å²) in [5.41, 5.74) is 0.610. The lowest BCUT2D eigenvalue weighted by Gasteiger charge is -2.06. The standard InChI is InChI=1S/C10H9BrIO2Si/c11-8-4-1-3-7(9(8)12)10(13)14-5-2-6-15/h1,3-4H,2,5-6H2. The lowest BCUT2D eigenvalue weighted by atomic mass is 10.2. The van der Waals surface area contributed by atoms with Crippen molar-refractivity contribution < 1.29 is 9.53 Å². The molecule has 1 aromatic carbocycles. The molecule has 79 valence electrons. The number of hydrogen-bond acceptors (Lipinski definition) is 2. The third-order valence-corrected chi connectivity index (χ3v) is 4.64. The molecule has 0 aliphatic heterocycles. The van der Waals surface area contributed by atoms with E-state index < -0.39 is 0 Å². The largest absolute Gasteiger partial charge is 0.462 e. The number of halogens is 2. The fraction of sp³-hybridized carbons (Fsp3) is 0.300. The Morgan fingerprint density at radius 1 is 1.53 bits per heavy atom. The van der Waals surface area contributed by atoms with Gasteiger partial charge >= 0.3 is 5.97 Å². The average Bonchev–Trinajstić information content (AvgIpc) is 2.22. The van der Waals surface area contributed by atoms with Gasteiger partial charge in [0, 0.05) is 18.3 Å². The van der Waals surface area contributed by atoms with Crippen molar-refractivity contribution in [2.75, 3.05) is 6.61 Å². The molecule has 1 aromatic rings. The second kappa shape index (κ2) is 6.65. The number of esters is 1. The van der Waals surface area contributed by atoms with Gasteiger partial charge in [-0.2, -0.15) is 0 Å². The summed E-state index contributed by atoms with van der Waals surface area (Å²) in [6.45, 7) is 0.449. The van der Waals surface area contributed by atoms with E-state index in [9.17, 15) is 4.79 Å². The molecule has 2 nitrogen and oxygen atoms in total. The van der Waals surface area contributed by atoms with Crippen LogP contribution in [0, 0.1) is 3.57 Å². The van der Waals surface area contributed by atoms with Gasteiger partial charge in [-0.15, -0.1) is 0 Å². The minimum Gasteiger partial charge on any atom is -0.462 e. The maximum Gasteiger partial charge on any atom is 0.339 e. The molecule has 0 fully saturated rings. The van der Waals surface area contributed by atoms with E-state index >= 15 is 0 Å². The van der Waals surface area contributed by atoms with Crippen LogP contribution in [0.15, 0.2) is 22.7 Å². The van der Waals surface area contributed by atoms with E-state index in [-0.39, 0.29) is 5.97 Å². The molecular formula is C10H9BrIO2Si. The molecule has 0 aromatic heterocycles. The first kappa shape index (κ1) is 13.2. The summed E-state index contributed by atoms with van der Waals surface area (Å²) in [4.78, 5) is 11.6. The van der Waals surface area contributed by atoms with Crippen LogP contribution in [0.4, 0.5) is 0 Å². The Kier molecular flexibility index (Phi) is 5.84. The van der Waals surface area contributed by atoms with E-state index in [0.29, 0.717) is 12.2 Å². The van der Waals surface area contributed by atoms with E-state index in [2.05, 4.69) is 48.8 Å². The van der Waals surface area contributed by atoms with E-state index in [0.717, 1.165) is 20.5 Å². The highest BCUT2D eigenvalue weighted by Crippen LogP contribution is 2.23. The molecule has 0 aliphatic carbocycles. The molecule has 0 heterocycles. The summed E-state index contributed by atoms with van der Waals surface area (Å²) in [5.74, 6) is -0.263. The number of benzene rings is 1. The van der Waals surface area contributed by atoms with Gasteiger partial charge in [-0.25, -0.2) is 4.79 Å². The van der Waals surface area contributed by atoms with Gasteiger partial charge in [0.05, 0.1) is 12.2 Å². The minimum atomic E-state index is -0.263. The van der Waals surface area contributed by atoms with Crippen LogP contribution in [0.3, 0.4) is 0 Å². The van der Waals surface area contributed by atoms with Crippen LogP contribution in [0.5, 0.6) is 0 Å². The van der Waals surface area contributed by atoms with E-state index in [4.69, 9.17) is 4.74 Å². The Bertz CT molecular complexity index is 357. The first-order valence-corrected chi connectivity index (χ1v) is 7.00. The van der Waals surface area contributed by atoms with Crippen LogP contribution in [-0.2, 0) is 4.74 Å². The number of carbonyl (C=O) groups is 1. The van der Waals surface area contributed by atoms with Gasteiger partial charge in [-0.1, -0.05) is 12.1 Å². The molecular weight excluding hydrogens is 387 g/mol. The fourth-order valence-corrected chi connectivity index (χ4v) is 2.07. The third-order valence-electron chi connectivity index (χ3n) is 1.73. The molecule has 0 amide bonds. The van der Waals surface area contributed by atoms with Crippen LogP contribution in [-0.4, -0.2) is 22.8 Å². The summed E-state index contributed by atoms with van der Waals surface area (Å²) in [6.07, 6.45) is 0.827. The van der Waals surface area contributed by atoms with E-state index in [1.807, 2.05) is 12.1 Å². The lowest BCUT2D eigenvalue weighted by Crippen LogP contribution is -2.08. The quantitative estimate of drug-likeness (QED) is 0.338. The van der Waals surface area contributed by atoms with Crippen molar-refractivity contribution in [3.8, 4) is 0 Å². The lowest BCUT2D eigenvalue weighted by molar-refractivity contribution is 0.0504. The highest BCUT2D eigenvalue weighted by molar-refractivity contribution is 14.1. The zero-order valence-corrected chi connectivity index (χ0v) is 12.7. The Balaban J connectivity index is 2.69. The normalized spacial score (nSPS) is 10.1. The van der Waals surface area contributed by atoms with E-state index in [1.54, 1.807) is 6.07 Å². The van der Waals surface area contributed by atoms with Crippen molar-refractivity contribution in [1.29, 1.82) is 0 Å². The number of carbonyl (C=O) groups excluding carboxylic acids is 1. The molecule has 0 bridgehead atoms. The fourth-order valence-electron chi connectivity index (χ4n) is 0.976. The van der Waals surface area contributed by atoms with Crippen molar-refractivity contribution in [3.05, 3.63) is 31.8 Å². The highest BCUT2D eigenvalue weighted by Gasteiger charge is 2.12. The second-order valence-electron chi connectivity index (χ2n) is 2.84. The zero-order valence-electron chi connectivity index (χ0n) is 7.93. The minimum absolute atomic E-state index is 0.263. The number of hydrogen-bond donors (Lipinski definition) is 0. The maximum atomic E-state index is 11.6. The van der Waals surface area contributed by atoms with Crippen LogP contribution in [0.1, 0.15) is 16.8 Å². The van der Waals surface area contributed by atoms with Gasteiger partial charge in [-0.3, -0.25) is 0 Å². The maximum absolute atomic E-state index is 11.6. The molecule has 0 aliphatic rings. The molecule has 0 spiro atoms. The van der Waals surface area contributed by atoms with Crippen molar-refractivity contribution in [3.63, 3.8) is 0 Å². The number of rotatable bonds is 4. The summed E-state index contributed by atoms with van der Waals surface area (Å²) in [6, 6.07) is 6.33. The van der Waals surface area contributed by atoms with Crippen molar-refractivity contribution >= 4 is 54.7 Å². The van der Waals surface area contributed by atoms with Crippen LogP contribution >= 0.6 is 38.5 Å². The van der Waals surface area contributed by atoms with Gasteiger partial charge in [0.1, 0.15) is 0 Å². The molecule has 3 radical (unpaired) electrons. The Morgan fingerprint density at radius 2 is 2.27 bits per heavy atom. The molecule has 15 heavy (non-hydrogen) atoms. The van der Waals surface area contributed by atoms with Gasteiger partial charge in [-0.05, 0) is 57.1 Å². The molecule has 5 heteroatoms. The molecule has 0 unspecified atom stereocenters. The summed E-state index contributed by atoms with van der Waals surface area (Å²) < 4.78 is 6.91. The van der Waals surface area contributed by atoms with Crippen LogP contribution in [0.2, 0.25) is 6.04 Å². The average molecular weight is 396 g/mol. The van der Waals surface area contributed by atoms with Gasteiger partial charge in [0.25, 0.3) is 0 Å². The predicted molar refractivity (Wildman–Crippen MR) is 72.3 cm³/mol. The Morgan fingerprint density at radius 3 is 2.93 bits per heavy atom. The zero-order chi connectivity index (χ0) is 11.3. The van der Waals surface area contributed by atoms with Crippen LogP contribution < -0.4 is 0 Å². The van der Waals surface area contributed by atoms with Gasteiger partial charge < -0.3 is 4.74 Å². The Labute approximate surface area is 114 Å². The van der Waals surface area contributed by atoms with Gasteiger partial charge in [0.2, 0.25) is 0 Å².